The lowest BCUT2D eigenvalue weighted by Gasteiger charge is -2.28. The number of aromatic nitrogens is 2. The number of halogens is 1. The number of hydrogen-bond donors (Lipinski definition) is 1. The van der Waals surface area contributed by atoms with Crippen molar-refractivity contribution in [1.29, 1.82) is 0 Å². The van der Waals surface area contributed by atoms with Gasteiger partial charge in [0.1, 0.15) is 10.8 Å². The molecule has 0 aliphatic heterocycles. The predicted octanol–water partition coefficient (Wildman–Crippen LogP) is 1.51. The van der Waals surface area contributed by atoms with E-state index >= 15 is 0 Å². The van der Waals surface area contributed by atoms with Crippen LogP contribution >= 0.6 is 11.6 Å². The Morgan fingerprint density at radius 3 is 2.78 bits per heavy atom. The van der Waals surface area contributed by atoms with E-state index < -0.39 is 5.60 Å². The summed E-state index contributed by atoms with van der Waals surface area (Å²) in [5, 5.41) is 10.4. The zero-order valence-corrected chi connectivity index (χ0v) is 11.0. The van der Waals surface area contributed by atoms with Crippen molar-refractivity contribution in [3.63, 3.8) is 0 Å². The van der Waals surface area contributed by atoms with Crippen LogP contribution in [0.2, 0.25) is 5.15 Å². The van der Waals surface area contributed by atoms with Crippen LogP contribution in [0.3, 0.4) is 0 Å². The molecule has 0 atom stereocenters. The molecule has 1 saturated carbocycles. The van der Waals surface area contributed by atoms with Gasteiger partial charge >= 0.3 is 0 Å². The quantitative estimate of drug-likeness (QED) is 0.903. The number of hydrogen-bond acceptors (Lipinski definition) is 4. The van der Waals surface area contributed by atoms with Crippen molar-refractivity contribution in [2.45, 2.75) is 31.3 Å². The number of rotatable bonds is 3. The molecule has 1 heterocycles. The standard InChI is InChI=1S/C12H16ClN3O2/c1-16(8-12(18)4-2-3-5-12)11(17)9-6-14-7-10(13)15-9/h6-7,18H,2-5,8H2,1H3. The molecule has 6 heteroatoms. The molecule has 1 aromatic heterocycles. The molecule has 0 radical (unpaired) electrons. The Morgan fingerprint density at radius 2 is 2.17 bits per heavy atom. The Balaban J connectivity index is 2.04. The molecule has 0 unspecified atom stereocenters. The molecule has 1 aliphatic rings. The van der Waals surface area contributed by atoms with Crippen LogP contribution in [-0.2, 0) is 0 Å². The van der Waals surface area contributed by atoms with Gasteiger partial charge in [0, 0.05) is 13.6 Å². The van der Waals surface area contributed by atoms with Gasteiger partial charge in [0.05, 0.1) is 18.0 Å². The van der Waals surface area contributed by atoms with Crippen LogP contribution < -0.4 is 0 Å². The summed E-state index contributed by atoms with van der Waals surface area (Å²) < 4.78 is 0. The van der Waals surface area contributed by atoms with Gasteiger partial charge < -0.3 is 10.0 Å². The van der Waals surface area contributed by atoms with Crippen LogP contribution in [0.15, 0.2) is 12.4 Å². The first kappa shape index (κ1) is 13.2. The van der Waals surface area contributed by atoms with Crippen molar-refractivity contribution < 1.29 is 9.90 Å². The Hall–Kier alpha value is -1.20. The van der Waals surface area contributed by atoms with Gasteiger partial charge in [-0.25, -0.2) is 4.98 Å². The average Bonchev–Trinajstić information content (AvgIpc) is 2.74. The van der Waals surface area contributed by atoms with Gasteiger partial charge in [-0.1, -0.05) is 24.4 Å². The van der Waals surface area contributed by atoms with Crippen molar-refractivity contribution in [3.05, 3.63) is 23.2 Å². The number of aliphatic hydroxyl groups is 1. The summed E-state index contributed by atoms with van der Waals surface area (Å²) >= 11 is 5.70. The van der Waals surface area contributed by atoms with Gasteiger partial charge in [-0.2, -0.15) is 0 Å². The lowest BCUT2D eigenvalue weighted by molar-refractivity contribution is 0.0154. The third kappa shape index (κ3) is 2.97. The molecule has 1 fully saturated rings. The second-order valence-electron chi connectivity index (χ2n) is 4.82. The minimum atomic E-state index is -0.754. The molecule has 0 aromatic carbocycles. The molecule has 0 bridgehead atoms. The first-order chi connectivity index (χ1) is 8.50. The Kier molecular flexibility index (Phi) is 3.82. The molecule has 98 valence electrons. The molecular weight excluding hydrogens is 254 g/mol. The number of nitrogens with zero attached hydrogens (tertiary/aromatic N) is 3. The van der Waals surface area contributed by atoms with Crippen molar-refractivity contribution in [2.75, 3.05) is 13.6 Å². The Morgan fingerprint density at radius 1 is 1.50 bits per heavy atom. The highest BCUT2D eigenvalue weighted by atomic mass is 35.5. The van der Waals surface area contributed by atoms with E-state index in [0.29, 0.717) is 6.54 Å². The van der Waals surface area contributed by atoms with E-state index in [0.717, 1.165) is 25.7 Å². The molecule has 2 rings (SSSR count). The van der Waals surface area contributed by atoms with Crippen molar-refractivity contribution >= 4 is 17.5 Å². The van der Waals surface area contributed by atoms with Gasteiger partial charge in [-0.3, -0.25) is 9.78 Å². The average molecular weight is 270 g/mol. The highest BCUT2D eigenvalue weighted by molar-refractivity contribution is 6.29. The van der Waals surface area contributed by atoms with E-state index in [1.165, 1.54) is 17.3 Å². The van der Waals surface area contributed by atoms with Crippen molar-refractivity contribution in [1.82, 2.24) is 14.9 Å². The van der Waals surface area contributed by atoms with Crippen LogP contribution in [0.25, 0.3) is 0 Å². The number of likely N-dealkylation sites (N-methyl/N-ethyl adjacent to an activating group) is 1. The van der Waals surface area contributed by atoms with Gasteiger partial charge in [0.15, 0.2) is 0 Å². The van der Waals surface area contributed by atoms with E-state index in [9.17, 15) is 9.90 Å². The smallest absolute Gasteiger partial charge is 0.273 e. The summed E-state index contributed by atoms with van der Waals surface area (Å²) in [7, 11) is 1.65. The number of amides is 1. The van der Waals surface area contributed by atoms with Gasteiger partial charge in [-0.05, 0) is 12.8 Å². The minimum absolute atomic E-state index is 0.189. The van der Waals surface area contributed by atoms with Crippen molar-refractivity contribution in [2.24, 2.45) is 0 Å². The maximum atomic E-state index is 12.1. The summed E-state index contributed by atoms with van der Waals surface area (Å²) in [6, 6.07) is 0. The zero-order chi connectivity index (χ0) is 13.2. The molecule has 1 aliphatic carbocycles. The number of carbonyl (C=O) groups is 1. The van der Waals surface area contributed by atoms with Crippen LogP contribution in [0, 0.1) is 0 Å². The SMILES string of the molecule is CN(CC1(O)CCCC1)C(=O)c1cncc(Cl)n1. The zero-order valence-electron chi connectivity index (χ0n) is 10.3. The maximum Gasteiger partial charge on any atom is 0.273 e. The topological polar surface area (TPSA) is 66.3 Å². The lowest BCUT2D eigenvalue weighted by atomic mass is 10.0. The van der Waals surface area contributed by atoms with Crippen LogP contribution in [0.4, 0.5) is 0 Å². The number of carbonyl (C=O) groups excluding carboxylic acids is 1. The van der Waals surface area contributed by atoms with E-state index in [-0.39, 0.29) is 16.8 Å². The third-order valence-corrected chi connectivity index (χ3v) is 3.42. The van der Waals surface area contributed by atoms with Crippen LogP contribution in [0.1, 0.15) is 36.2 Å². The van der Waals surface area contributed by atoms with Gasteiger partial charge in [0.2, 0.25) is 0 Å². The van der Waals surface area contributed by atoms with E-state index in [2.05, 4.69) is 9.97 Å². The van der Waals surface area contributed by atoms with E-state index in [1.807, 2.05) is 0 Å². The molecule has 5 nitrogen and oxygen atoms in total. The monoisotopic (exact) mass is 269 g/mol. The summed E-state index contributed by atoms with van der Waals surface area (Å²) in [6.07, 6.45) is 6.26. The fourth-order valence-electron chi connectivity index (χ4n) is 2.35. The first-order valence-electron chi connectivity index (χ1n) is 5.96. The lowest BCUT2D eigenvalue weighted by Crippen LogP contribution is -2.42. The van der Waals surface area contributed by atoms with Gasteiger partial charge in [-0.15, -0.1) is 0 Å². The molecule has 1 aromatic rings. The molecule has 0 spiro atoms. The van der Waals surface area contributed by atoms with E-state index in [4.69, 9.17) is 11.6 Å². The molecule has 0 saturated heterocycles. The predicted molar refractivity (Wildman–Crippen MR) is 67.4 cm³/mol. The molecule has 1 amide bonds. The minimum Gasteiger partial charge on any atom is -0.388 e. The van der Waals surface area contributed by atoms with Gasteiger partial charge in [0.25, 0.3) is 5.91 Å². The van der Waals surface area contributed by atoms with Crippen LogP contribution in [-0.4, -0.2) is 45.1 Å². The Labute approximate surface area is 111 Å². The molecule has 1 N–H and O–H groups in total. The second kappa shape index (κ2) is 5.20. The van der Waals surface area contributed by atoms with Crippen molar-refractivity contribution in [3.8, 4) is 0 Å². The molecular formula is C12H16ClN3O2. The summed E-state index contributed by atoms with van der Waals surface area (Å²) in [5.74, 6) is -0.273. The second-order valence-corrected chi connectivity index (χ2v) is 5.21. The van der Waals surface area contributed by atoms with Crippen LogP contribution in [0.5, 0.6) is 0 Å². The highest BCUT2D eigenvalue weighted by Gasteiger charge is 2.33. The first-order valence-corrected chi connectivity index (χ1v) is 6.33. The fraction of sp³-hybridized carbons (Fsp3) is 0.583. The maximum absolute atomic E-state index is 12.1. The Bertz CT molecular complexity index is 447. The third-order valence-electron chi connectivity index (χ3n) is 3.24. The molecule has 18 heavy (non-hydrogen) atoms. The normalized spacial score (nSPS) is 17.7. The largest absolute Gasteiger partial charge is 0.388 e. The summed E-state index contributed by atoms with van der Waals surface area (Å²) in [5.41, 5.74) is -0.553. The summed E-state index contributed by atoms with van der Waals surface area (Å²) in [6.45, 7) is 0.319. The fourth-order valence-corrected chi connectivity index (χ4v) is 2.49. The summed E-state index contributed by atoms with van der Waals surface area (Å²) in [4.78, 5) is 21.3. The highest BCUT2D eigenvalue weighted by Crippen LogP contribution is 2.30. The van der Waals surface area contributed by atoms with E-state index in [1.54, 1.807) is 7.05 Å².